The highest BCUT2D eigenvalue weighted by molar-refractivity contribution is 9.10. The van der Waals surface area contributed by atoms with E-state index < -0.39 is 0 Å². The molecule has 0 bridgehead atoms. The van der Waals surface area contributed by atoms with Crippen molar-refractivity contribution >= 4 is 32.9 Å². The van der Waals surface area contributed by atoms with Gasteiger partial charge in [-0.05, 0) is 34.8 Å². The molecule has 2 aromatic heterocycles. The molecule has 1 saturated carbocycles. The van der Waals surface area contributed by atoms with E-state index in [9.17, 15) is 4.79 Å². The molecule has 0 radical (unpaired) electrons. The first-order valence-corrected chi connectivity index (χ1v) is 7.73. The van der Waals surface area contributed by atoms with Crippen LogP contribution in [0.2, 0.25) is 0 Å². The minimum absolute atomic E-state index is 0.0835. The van der Waals surface area contributed by atoms with Gasteiger partial charge in [-0.15, -0.1) is 0 Å². The van der Waals surface area contributed by atoms with Crippen LogP contribution in [-0.4, -0.2) is 20.6 Å². The lowest BCUT2D eigenvalue weighted by Gasteiger charge is -2.22. The molecule has 20 heavy (non-hydrogen) atoms. The van der Waals surface area contributed by atoms with Crippen LogP contribution in [0, 0.1) is 0 Å². The van der Waals surface area contributed by atoms with Gasteiger partial charge in [-0.2, -0.15) is 4.98 Å². The van der Waals surface area contributed by atoms with Crippen LogP contribution in [0.3, 0.4) is 0 Å². The molecule has 106 valence electrons. The van der Waals surface area contributed by atoms with Crippen LogP contribution < -0.4 is 10.9 Å². The predicted octanol–water partition coefficient (Wildman–Crippen LogP) is 2.84. The van der Waals surface area contributed by atoms with Crippen molar-refractivity contribution in [2.24, 2.45) is 7.05 Å². The normalized spacial score (nSPS) is 16.5. The summed E-state index contributed by atoms with van der Waals surface area (Å²) in [4.78, 5) is 20.8. The molecule has 5 nitrogen and oxygen atoms in total. The molecule has 0 amide bonds. The van der Waals surface area contributed by atoms with E-state index in [0.29, 0.717) is 22.1 Å². The van der Waals surface area contributed by atoms with Gasteiger partial charge in [0.25, 0.3) is 5.56 Å². The number of halogens is 1. The second kappa shape index (κ2) is 5.52. The van der Waals surface area contributed by atoms with E-state index >= 15 is 0 Å². The summed E-state index contributed by atoms with van der Waals surface area (Å²) < 4.78 is 2.08. The summed E-state index contributed by atoms with van der Waals surface area (Å²) in [5, 5.41) is 4.24. The number of rotatable bonds is 2. The molecular formula is C14H17BrN4O. The molecule has 0 spiro atoms. The Bertz CT molecular complexity index is 691. The van der Waals surface area contributed by atoms with Gasteiger partial charge in [0.15, 0.2) is 0 Å². The molecule has 0 aromatic carbocycles. The zero-order valence-electron chi connectivity index (χ0n) is 11.4. The maximum absolute atomic E-state index is 11.9. The highest BCUT2D eigenvalue weighted by atomic mass is 79.9. The van der Waals surface area contributed by atoms with Gasteiger partial charge in [-0.25, -0.2) is 4.98 Å². The van der Waals surface area contributed by atoms with Crippen molar-refractivity contribution in [2.45, 2.75) is 38.1 Å². The number of pyridine rings is 1. The Kier molecular flexibility index (Phi) is 3.74. The fraction of sp³-hybridized carbons (Fsp3) is 0.500. The first-order valence-electron chi connectivity index (χ1n) is 6.94. The number of aryl methyl sites for hydroxylation is 1. The minimum Gasteiger partial charge on any atom is -0.351 e. The fourth-order valence-corrected chi connectivity index (χ4v) is 3.22. The summed E-state index contributed by atoms with van der Waals surface area (Å²) in [6, 6.07) is 2.22. The Morgan fingerprint density at radius 2 is 2.10 bits per heavy atom. The first kappa shape index (κ1) is 13.5. The average Bonchev–Trinajstić information content (AvgIpc) is 2.47. The molecule has 2 heterocycles. The maximum atomic E-state index is 11.9. The van der Waals surface area contributed by atoms with E-state index in [-0.39, 0.29) is 5.56 Å². The van der Waals surface area contributed by atoms with Crippen LogP contribution in [0.1, 0.15) is 32.1 Å². The van der Waals surface area contributed by atoms with Gasteiger partial charge in [0.1, 0.15) is 5.65 Å². The van der Waals surface area contributed by atoms with Crippen LogP contribution >= 0.6 is 15.9 Å². The Hall–Kier alpha value is -1.43. The average molecular weight is 337 g/mol. The Morgan fingerprint density at radius 1 is 1.35 bits per heavy atom. The minimum atomic E-state index is -0.0835. The largest absolute Gasteiger partial charge is 0.351 e. The smallest absolute Gasteiger partial charge is 0.266 e. The summed E-state index contributed by atoms with van der Waals surface area (Å²) >= 11 is 3.26. The predicted molar refractivity (Wildman–Crippen MR) is 83.0 cm³/mol. The summed E-state index contributed by atoms with van der Waals surface area (Å²) in [5.74, 6) is 0.613. The lowest BCUT2D eigenvalue weighted by molar-refractivity contribution is 0.461. The van der Waals surface area contributed by atoms with Gasteiger partial charge in [-0.1, -0.05) is 19.3 Å². The number of hydrogen-bond acceptors (Lipinski definition) is 4. The van der Waals surface area contributed by atoms with Crippen LogP contribution in [0.4, 0.5) is 5.95 Å². The monoisotopic (exact) mass is 336 g/mol. The third kappa shape index (κ3) is 2.57. The topological polar surface area (TPSA) is 59.8 Å². The van der Waals surface area contributed by atoms with Crippen molar-refractivity contribution in [3.8, 4) is 0 Å². The van der Waals surface area contributed by atoms with Crippen LogP contribution in [0.5, 0.6) is 0 Å². The van der Waals surface area contributed by atoms with E-state index in [0.717, 1.165) is 5.39 Å². The number of aromatic nitrogens is 3. The molecule has 0 saturated heterocycles. The van der Waals surface area contributed by atoms with Crippen molar-refractivity contribution in [2.75, 3.05) is 5.32 Å². The Balaban J connectivity index is 1.95. The second-order valence-corrected chi connectivity index (χ2v) is 6.16. The molecule has 3 rings (SSSR count). The Morgan fingerprint density at radius 3 is 2.85 bits per heavy atom. The molecule has 0 aliphatic heterocycles. The molecule has 1 aliphatic carbocycles. The van der Waals surface area contributed by atoms with Gasteiger partial charge in [-0.3, -0.25) is 9.36 Å². The zero-order valence-corrected chi connectivity index (χ0v) is 13.0. The van der Waals surface area contributed by atoms with Crippen LogP contribution in [0.25, 0.3) is 11.0 Å². The number of fused-ring (bicyclic) bond motifs is 1. The standard InChI is InChI=1S/C14H17BrN4O/c1-19-12-9(7-11(15)13(19)20)8-16-14(18-12)17-10-5-3-2-4-6-10/h7-8,10H,2-6H2,1H3,(H,16,17,18). The van der Waals surface area contributed by atoms with Gasteiger partial charge in [0.2, 0.25) is 5.95 Å². The molecule has 1 N–H and O–H groups in total. The second-order valence-electron chi connectivity index (χ2n) is 5.31. The highest BCUT2D eigenvalue weighted by Gasteiger charge is 2.15. The lowest BCUT2D eigenvalue weighted by atomic mass is 9.96. The van der Waals surface area contributed by atoms with Gasteiger partial charge >= 0.3 is 0 Å². The van der Waals surface area contributed by atoms with Crippen molar-refractivity contribution in [3.63, 3.8) is 0 Å². The molecule has 1 aliphatic rings. The van der Waals surface area contributed by atoms with Crippen molar-refractivity contribution in [1.29, 1.82) is 0 Å². The summed E-state index contributed by atoms with van der Waals surface area (Å²) in [7, 11) is 1.73. The molecular weight excluding hydrogens is 320 g/mol. The quantitative estimate of drug-likeness (QED) is 0.915. The van der Waals surface area contributed by atoms with Gasteiger partial charge < -0.3 is 5.32 Å². The highest BCUT2D eigenvalue weighted by Crippen LogP contribution is 2.21. The number of nitrogens with zero attached hydrogens (tertiary/aromatic N) is 3. The van der Waals surface area contributed by atoms with E-state index in [1.807, 2.05) is 0 Å². The SMILES string of the molecule is Cn1c(=O)c(Br)cc2cnc(NC3CCCCC3)nc21. The van der Waals surface area contributed by atoms with Crippen molar-refractivity contribution in [1.82, 2.24) is 14.5 Å². The molecule has 0 unspecified atom stereocenters. The Labute approximate surface area is 125 Å². The third-order valence-corrected chi connectivity index (χ3v) is 4.41. The maximum Gasteiger partial charge on any atom is 0.266 e. The number of hydrogen-bond donors (Lipinski definition) is 1. The van der Waals surface area contributed by atoms with Crippen LogP contribution in [-0.2, 0) is 7.05 Å². The first-order chi connectivity index (χ1) is 9.65. The summed E-state index contributed by atoms with van der Waals surface area (Å²) in [6.45, 7) is 0. The number of anilines is 1. The summed E-state index contributed by atoms with van der Waals surface area (Å²) in [5.41, 5.74) is 0.575. The molecule has 0 atom stereocenters. The van der Waals surface area contributed by atoms with E-state index in [4.69, 9.17) is 0 Å². The number of nitrogens with one attached hydrogen (secondary N) is 1. The molecule has 1 fully saturated rings. The zero-order chi connectivity index (χ0) is 14.1. The van der Waals surface area contributed by atoms with E-state index in [1.54, 1.807) is 23.9 Å². The van der Waals surface area contributed by atoms with Crippen molar-refractivity contribution < 1.29 is 0 Å². The lowest BCUT2D eigenvalue weighted by Crippen LogP contribution is -2.24. The van der Waals surface area contributed by atoms with Gasteiger partial charge in [0, 0.05) is 24.7 Å². The van der Waals surface area contributed by atoms with E-state index in [2.05, 4.69) is 31.2 Å². The third-order valence-electron chi connectivity index (χ3n) is 3.84. The van der Waals surface area contributed by atoms with Crippen molar-refractivity contribution in [3.05, 3.63) is 27.1 Å². The van der Waals surface area contributed by atoms with E-state index in [1.165, 1.54) is 32.1 Å². The molecule has 6 heteroatoms. The summed E-state index contributed by atoms with van der Waals surface area (Å²) in [6.07, 6.45) is 7.94. The fourth-order valence-electron chi connectivity index (χ4n) is 2.71. The molecule has 2 aromatic rings. The van der Waals surface area contributed by atoms with Crippen LogP contribution in [0.15, 0.2) is 21.5 Å². The van der Waals surface area contributed by atoms with Gasteiger partial charge in [0.05, 0.1) is 4.47 Å².